The maximum Gasteiger partial charge on any atom is 0.293 e. The van der Waals surface area contributed by atoms with Crippen LogP contribution in [0.2, 0.25) is 0 Å². The lowest BCUT2D eigenvalue weighted by Gasteiger charge is -2.33. The predicted octanol–water partition coefficient (Wildman–Crippen LogP) is 2.13. The van der Waals surface area contributed by atoms with Crippen molar-refractivity contribution in [2.75, 3.05) is 0 Å². The van der Waals surface area contributed by atoms with Crippen LogP contribution < -0.4 is 0 Å². The molecule has 1 fully saturated rings. The molecule has 0 atom stereocenters. The van der Waals surface area contributed by atoms with Crippen molar-refractivity contribution >= 4 is 6.47 Å². The second-order valence-electron chi connectivity index (χ2n) is 4.10. The van der Waals surface area contributed by atoms with Crippen LogP contribution in [0.3, 0.4) is 0 Å². The smallest absolute Gasteiger partial charge is 0.293 e. The Morgan fingerprint density at radius 1 is 1.36 bits per heavy atom. The van der Waals surface area contributed by atoms with Crippen molar-refractivity contribution in [3.05, 3.63) is 0 Å². The highest BCUT2D eigenvalue weighted by molar-refractivity contribution is 5.37. The van der Waals surface area contributed by atoms with Crippen LogP contribution in [0.4, 0.5) is 0 Å². The van der Waals surface area contributed by atoms with E-state index in [1.54, 1.807) is 0 Å². The molecule has 0 amide bonds. The molecule has 0 saturated heterocycles. The standard InChI is InChI=1S/C9H16O2/c1-9(2)5-3-8(4-6-9)11-7-10/h7-8H,3-6H2,1-2H3. The molecule has 0 aromatic rings. The zero-order valence-electron chi connectivity index (χ0n) is 7.30. The number of carbonyl (C=O) groups is 1. The van der Waals surface area contributed by atoms with Gasteiger partial charge in [0.2, 0.25) is 0 Å². The molecule has 1 aliphatic carbocycles. The van der Waals surface area contributed by atoms with Gasteiger partial charge >= 0.3 is 0 Å². The summed E-state index contributed by atoms with van der Waals surface area (Å²) >= 11 is 0. The van der Waals surface area contributed by atoms with Gasteiger partial charge < -0.3 is 4.74 Å². The van der Waals surface area contributed by atoms with Crippen molar-refractivity contribution in [2.24, 2.45) is 5.41 Å². The normalized spacial score (nSPS) is 24.5. The van der Waals surface area contributed by atoms with Crippen LogP contribution in [-0.4, -0.2) is 12.6 Å². The maximum atomic E-state index is 10.0. The summed E-state index contributed by atoms with van der Waals surface area (Å²) in [6, 6.07) is 0. The Bertz CT molecular complexity index is 130. The third-order valence-electron chi connectivity index (χ3n) is 2.53. The van der Waals surface area contributed by atoms with E-state index in [0.717, 1.165) is 12.8 Å². The molecule has 1 aliphatic rings. The van der Waals surface area contributed by atoms with E-state index in [0.29, 0.717) is 11.9 Å². The number of carbonyl (C=O) groups excluding carboxylic acids is 1. The number of ether oxygens (including phenoxy) is 1. The highest BCUT2D eigenvalue weighted by Crippen LogP contribution is 2.35. The third kappa shape index (κ3) is 2.52. The number of hydrogen-bond donors (Lipinski definition) is 0. The lowest BCUT2D eigenvalue weighted by Crippen LogP contribution is -2.26. The van der Waals surface area contributed by atoms with Crippen LogP contribution in [0.5, 0.6) is 0 Å². The largest absolute Gasteiger partial charge is 0.465 e. The molecule has 0 heterocycles. The molecule has 11 heavy (non-hydrogen) atoms. The SMILES string of the molecule is CC1(C)CCC(OC=O)CC1. The molecule has 0 aromatic carbocycles. The van der Waals surface area contributed by atoms with Crippen molar-refractivity contribution < 1.29 is 9.53 Å². The van der Waals surface area contributed by atoms with Gasteiger partial charge in [-0.2, -0.15) is 0 Å². The van der Waals surface area contributed by atoms with Crippen LogP contribution >= 0.6 is 0 Å². The quantitative estimate of drug-likeness (QED) is 0.572. The Labute approximate surface area is 67.9 Å². The van der Waals surface area contributed by atoms with E-state index in [1.165, 1.54) is 12.8 Å². The fourth-order valence-corrected chi connectivity index (χ4v) is 1.59. The van der Waals surface area contributed by atoms with E-state index in [1.807, 2.05) is 0 Å². The van der Waals surface area contributed by atoms with Gasteiger partial charge in [0.15, 0.2) is 0 Å². The monoisotopic (exact) mass is 156 g/mol. The van der Waals surface area contributed by atoms with Crippen molar-refractivity contribution in [1.29, 1.82) is 0 Å². The molecule has 0 N–H and O–H groups in total. The summed E-state index contributed by atoms with van der Waals surface area (Å²) in [6.07, 6.45) is 4.61. The van der Waals surface area contributed by atoms with Crippen molar-refractivity contribution in [3.8, 4) is 0 Å². The summed E-state index contributed by atoms with van der Waals surface area (Å²) in [6.45, 7) is 5.11. The van der Waals surface area contributed by atoms with Gasteiger partial charge in [0.05, 0.1) is 0 Å². The molecule has 1 saturated carbocycles. The van der Waals surface area contributed by atoms with Crippen LogP contribution in [0.1, 0.15) is 39.5 Å². The summed E-state index contributed by atoms with van der Waals surface area (Å²) < 4.78 is 4.90. The second-order valence-corrected chi connectivity index (χ2v) is 4.10. The highest BCUT2D eigenvalue weighted by atomic mass is 16.5. The topological polar surface area (TPSA) is 26.3 Å². The van der Waals surface area contributed by atoms with E-state index in [2.05, 4.69) is 13.8 Å². The fourth-order valence-electron chi connectivity index (χ4n) is 1.59. The average Bonchev–Trinajstić information content (AvgIpc) is 1.94. The minimum atomic E-state index is 0.195. The molecule has 64 valence electrons. The first-order valence-corrected chi connectivity index (χ1v) is 4.23. The summed E-state index contributed by atoms with van der Waals surface area (Å²) in [5.74, 6) is 0. The first kappa shape index (κ1) is 8.57. The van der Waals surface area contributed by atoms with Crippen molar-refractivity contribution in [3.63, 3.8) is 0 Å². The van der Waals surface area contributed by atoms with E-state index < -0.39 is 0 Å². The Hall–Kier alpha value is -0.530. The number of rotatable bonds is 2. The molecule has 0 spiro atoms. The lowest BCUT2D eigenvalue weighted by atomic mass is 9.76. The molecule has 0 bridgehead atoms. The molecule has 1 rings (SSSR count). The van der Waals surface area contributed by atoms with Gasteiger partial charge in [-0.25, -0.2) is 0 Å². The molecule has 2 heteroatoms. The second kappa shape index (κ2) is 3.24. The highest BCUT2D eigenvalue weighted by Gasteiger charge is 2.27. The fraction of sp³-hybridized carbons (Fsp3) is 0.889. The lowest BCUT2D eigenvalue weighted by molar-refractivity contribution is -0.135. The summed E-state index contributed by atoms with van der Waals surface area (Å²) in [7, 11) is 0. The first-order valence-electron chi connectivity index (χ1n) is 4.23. The Morgan fingerprint density at radius 2 is 1.91 bits per heavy atom. The van der Waals surface area contributed by atoms with Gasteiger partial charge in [0, 0.05) is 0 Å². The Kier molecular flexibility index (Phi) is 2.53. The van der Waals surface area contributed by atoms with Crippen molar-refractivity contribution in [2.45, 2.75) is 45.6 Å². The summed E-state index contributed by atoms with van der Waals surface area (Å²) in [5.41, 5.74) is 0.461. The van der Waals surface area contributed by atoms with E-state index in [9.17, 15) is 4.79 Å². The third-order valence-corrected chi connectivity index (χ3v) is 2.53. The van der Waals surface area contributed by atoms with Crippen LogP contribution in [0.15, 0.2) is 0 Å². The molecule has 0 radical (unpaired) electrons. The molecule has 2 nitrogen and oxygen atoms in total. The molecular weight excluding hydrogens is 140 g/mol. The zero-order chi connectivity index (χ0) is 8.32. The Balaban J connectivity index is 2.30. The number of hydrogen-bond acceptors (Lipinski definition) is 2. The molecule has 0 unspecified atom stereocenters. The van der Waals surface area contributed by atoms with Crippen LogP contribution in [0.25, 0.3) is 0 Å². The van der Waals surface area contributed by atoms with E-state index in [-0.39, 0.29) is 6.10 Å². The van der Waals surface area contributed by atoms with Crippen LogP contribution in [-0.2, 0) is 9.53 Å². The van der Waals surface area contributed by atoms with Gasteiger partial charge in [-0.05, 0) is 31.1 Å². The van der Waals surface area contributed by atoms with E-state index >= 15 is 0 Å². The molecular formula is C9H16O2. The van der Waals surface area contributed by atoms with Gasteiger partial charge in [0.25, 0.3) is 6.47 Å². The van der Waals surface area contributed by atoms with E-state index in [4.69, 9.17) is 4.74 Å². The van der Waals surface area contributed by atoms with Gasteiger partial charge in [-0.1, -0.05) is 13.8 Å². The van der Waals surface area contributed by atoms with Crippen LogP contribution in [0, 0.1) is 5.41 Å². The average molecular weight is 156 g/mol. The minimum Gasteiger partial charge on any atom is -0.465 e. The Morgan fingerprint density at radius 3 is 2.36 bits per heavy atom. The van der Waals surface area contributed by atoms with Crippen molar-refractivity contribution in [1.82, 2.24) is 0 Å². The first-order chi connectivity index (χ1) is 5.14. The van der Waals surface area contributed by atoms with Gasteiger partial charge in [-0.15, -0.1) is 0 Å². The molecule has 0 aromatic heterocycles. The summed E-state index contributed by atoms with van der Waals surface area (Å²) in [4.78, 5) is 10.0. The predicted molar refractivity (Wildman–Crippen MR) is 43.2 cm³/mol. The van der Waals surface area contributed by atoms with Gasteiger partial charge in [-0.3, -0.25) is 4.79 Å². The minimum absolute atomic E-state index is 0.195. The maximum absolute atomic E-state index is 10.0. The summed E-state index contributed by atoms with van der Waals surface area (Å²) in [5, 5.41) is 0. The van der Waals surface area contributed by atoms with Gasteiger partial charge in [0.1, 0.15) is 6.10 Å². The molecule has 0 aliphatic heterocycles. The zero-order valence-corrected chi connectivity index (χ0v) is 7.30.